The number of alkyl halides is 6. The van der Waals surface area contributed by atoms with E-state index in [1.54, 1.807) is 13.8 Å². The lowest BCUT2D eigenvalue weighted by molar-refractivity contribution is -0.143. The molecule has 0 fully saturated rings. The normalized spacial score (nSPS) is 12.9. The molecule has 0 radical (unpaired) electrons. The predicted molar refractivity (Wildman–Crippen MR) is 108 cm³/mol. The fourth-order valence-electron chi connectivity index (χ4n) is 3.28. The number of primary amides is 1. The highest BCUT2D eigenvalue weighted by Gasteiger charge is 2.37. The molecule has 0 aliphatic carbocycles. The zero-order valence-electron chi connectivity index (χ0n) is 18.0. The number of nitrogens with zero attached hydrogens (tertiary/aromatic N) is 4. The third-order valence-corrected chi connectivity index (χ3v) is 5.01. The van der Waals surface area contributed by atoms with Crippen LogP contribution in [0.5, 0.6) is 0 Å². The van der Waals surface area contributed by atoms with Gasteiger partial charge in [0.15, 0.2) is 5.82 Å². The first-order valence-corrected chi connectivity index (χ1v) is 9.89. The van der Waals surface area contributed by atoms with Gasteiger partial charge < -0.3 is 10.3 Å². The molecule has 0 aliphatic rings. The number of benzene rings is 1. The molecule has 7 nitrogen and oxygen atoms in total. The summed E-state index contributed by atoms with van der Waals surface area (Å²) in [5.74, 6) is -0.482. The van der Waals surface area contributed by atoms with Gasteiger partial charge in [0.05, 0.1) is 16.8 Å². The molecular formula is C21H19F6N5O2. The van der Waals surface area contributed by atoms with Crippen molar-refractivity contribution < 1.29 is 35.7 Å². The number of rotatable bonds is 7. The van der Waals surface area contributed by atoms with Crippen molar-refractivity contribution in [1.29, 1.82) is 0 Å². The Morgan fingerprint density at radius 2 is 1.71 bits per heavy atom. The van der Waals surface area contributed by atoms with Gasteiger partial charge in [-0.05, 0) is 51.3 Å². The van der Waals surface area contributed by atoms with Crippen LogP contribution in [0, 0.1) is 13.8 Å². The van der Waals surface area contributed by atoms with Gasteiger partial charge in [0.1, 0.15) is 12.1 Å². The molecule has 0 aliphatic heterocycles. The number of nitrogens with two attached hydrogens (primary N) is 1. The molecule has 0 spiro atoms. The van der Waals surface area contributed by atoms with Gasteiger partial charge in [0.2, 0.25) is 5.91 Å². The Morgan fingerprint density at radius 1 is 1.09 bits per heavy atom. The van der Waals surface area contributed by atoms with Crippen LogP contribution in [0.15, 0.2) is 34.6 Å². The van der Waals surface area contributed by atoms with Crippen molar-refractivity contribution in [2.45, 2.75) is 45.5 Å². The molecule has 0 saturated carbocycles. The molecule has 1 amide bonds. The van der Waals surface area contributed by atoms with Crippen molar-refractivity contribution in [2.75, 3.05) is 0 Å². The van der Waals surface area contributed by atoms with E-state index >= 15 is 0 Å². The molecule has 34 heavy (non-hydrogen) atoms. The van der Waals surface area contributed by atoms with E-state index in [0.29, 0.717) is 30.7 Å². The minimum atomic E-state index is -5.00. The largest absolute Gasteiger partial charge is 0.416 e. The number of carbonyl (C=O) groups excluding carboxylic acids is 1. The van der Waals surface area contributed by atoms with Crippen molar-refractivity contribution in [1.82, 2.24) is 19.9 Å². The number of halogens is 6. The summed E-state index contributed by atoms with van der Waals surface area (Å²) >= 11 is 0. The molecule has 182 valence electrons. The topological polar surface area (TPSA) is 99.8 Å². The molecule has 0 saturated heterocycles. The van der Waals surface area contributed by atoms with E-state index in [2.05, 4.69) is 15.2 Å². The molecular weight excluding hydrogens is 468 g/mol. The summed E-state index contributed by atoms with van der Waals surface area (Å²) < 4.78 is 84.7. The molecule has 0 unspecified atom stereocenters. The van der Waals surface area contributed by atoms with E-state index in [1.165, 1.54) is 6.20 Å². The van der Waals surface area contributed by atoms with Gasteiger partial charge in [-0.2, -0.15) is 26.3 Å². The summed E-state index contributed by atoms with van der Waals surface area (Å²) in [4.78, 5) is 15.6. The maximum atomic E-state index is 13.1. The Kier molecular flexibility index (Phi) is 6.84. The van der Waals surface area contributed by atoms with Gasteiger partial charge in [-0.15, -0.1) is 5.10 Å². The zero-order valence-corrected chi connectivity index (χ0v) is 18.0. The monoisotopic (exact) mass is 487 g/mol. The first-order valence-electron chi connectivity index (χ1n) is 9.89. The Morgan fingerprint density at radius 3 is 2.21 bits per heavy atom. The first kappa shape index (κ1) is 25.0. The van der Waals surface area contributed by atoms with E-state index in [4.69, 9.17) is 10.3 Å². The standard InChI is InChI=1S/C21H19F6N5O2/c1-11-17(12(2)34-31-11)5-3-4-13(18(28)33)9-32-10-29-19(30-32)14-6-15(20(22,23)24)8-16(7-14)21(25,26)27/h6-10H,3-5H2,1-2H3,(H2,28,33). The average Bonchev–Trinajstić information content (AvgIpc) is 3.33. The molecule has 1 aromatic carbocycles. The third-order valence-electron chi connectivity index (χ3n) is 5.01. The molecule has 2 aromatic heterocycles. The zero-order chi connectivity index (χ0) is 25.3. The van der Waals surface area contributed by atoms with Crippen LogP contribution in [0.25, 0.3) is 17.6 Å². The minimum Gasteiger partial charge on any atom is -0.366 e. The van der Waals surface area contributed by atoms with Gasteiger partial charge in [-0.25, -0.2) is 9.67 Å². The van der Waals surface area contributed by atoms with Crippen LogP contribution in [-0.2, 0) is 23.6 Å². The second-order valence-corrected chi connectivity index (χ2v) is 7.52. The van der Waals surface area contributed by atoms with Crippen molar-refractivity contribution in [2.24, 2.45) is 5.73 Å². The van der Waals surface area contributed by atoms with E-state index < -0.39 is 35.0 Å². The van der Waals surface area contributed by atoms with Gasteiger partial charge in [-0.1, -0.05) is 5.16 Å². The van der Waals surface area contributed by atoms with Crippen molar-refractivity contribution in [3.8, 4) is 11.4 Å². The number of amides is 1. The number of hydrogen-bond acceptors (Lipinski definition) is 5. The Balaban J connectivity index is 1.86. The van der Waals surface area contributed by atoms with Crippen molar-refractivity contribution >= 4 is 12.1 Å². The van der Waals surface area contributed by atoms with Crippen LogP contribution in [-0.4, -0.2) is 25.8 Å². The maximum Gasteiger partial charge on any atom is 0.416 e. The second-order valence-electron chi connectivity index (χ2n) is 7.52. The van der Waals surface area contributed by atoms with E-state index in [9.17, 15) is 31.1 Å². The second kappa shape index (κ2) is 9.31. The van der Waals surface area contributed by atoms with Crippen molar-refractivity contribution in [3.05, 3.63) is 58.2 Å². The molecule has 0 bridgehead atoms. The van der Waals surface area contributed by atoms with Crippen LogP contribution in [0.4, 0.5) is 26.3 Å². The summed E-state index contributed by atoms with van der Waals surface area (Å²) in [6, 6.07) is 1.07. The maximum absolute atomic E-state index is 13.1. The van der Waals surface area contributed by atoms with Gasteiger partial charge in [0.25, 0.3) is 0 Å². The van der Waals surface area contributed by atoms with Crippen LogP contribution in [0.1, 0.15) is 41.0 Å². The third kappa shape index (κ3) is 5.83. The number of hydrogen-bond donors (Lipinski definition) is 1. The highest BCUT2D eigenvalue weighted by atomic mass is 19.4. The lowest BCUT2D eigenvalue weighted by Crippen LogP contribution is -2.15. The smallest absolute Gasteiger partial charge is 0.366 e. The number of aryl methyl sites for hydroxylation is 2. The lowest BCUT2D eigenvalue weighted by Gasteiger charge is -2.13. The highest BCUT2D eigenvalue weighted by molar-refractivity contribution is 5.94. The summed E-state index contributed by atoms with van der Waals surface area (Å²) in [6.07, 6.45) is -6.43. The lowest BCUT2D eigenvalue weighted by atomic mass is 10.0. The van der Waals surface area contributed by atoms with Crippen molar-refractivity contribution in [3.63, 3.8) is 0 Å². The van der Waals surface area contributed by atoms with Crippen LogP contribution in [0.2, 0.25) is 0 Å². The van der Waals surface area contributed by atoms with Gasteiger partial charge >= 0.3 is 12.4 Å². The van der Waals surface area contributed by atoms with Crippen LogP contribution >= 0.6 is 0 Å². The molecule has 2 heterocycles. The van der Waals surface area contributed by atoms with E-state index in [-0.39, 0.29) is 23.9 Å². The SMILES string of the molecule is Cc1noc(C)c1CCCC(=Cn1cnc(-c2cc(C(F)(F)F)cc(C(F)(F)F)c2)n1)C(N)=O. The molecule has 2 N–H and O–H groups in total. The Bertz CT molecular complexity index is 1170. The molecule has 13 heteroatoms. The average molecular weight is 487 g/mol. The summed E-state index contributed by atoms with van der Waals surface area (Å²) in [6.45, 7) is 3.54. The van der Waals surface area contributed by atoms with E-state index in [1.807, 2.05) is 0 Å². The van der Waals surface area contributed by atoms with Crippen LogP contribution < -0.4 is 5.73 Å². The number of aromatic nitrogens is 4. The van der Waals surface area contributed by atoms with Crippen LogP contribution in [0.3, 0.4) is 0 Å². The summed E-state index contributed by atoms with van der Waals surface area (Å²) in [5, 5.41) is 7.74. The summed E-state index contributed by atoms with van der Waals surface area (Å²) in [5.41, 5.74) is 3.73. The summed E-state index contributed by atoms with van der Waals surface area (Å²) in [7, 11) is 0. The van der Waals surface area contributed by atoms with Gasteiger partial charge in [-0.3, -0.25) is 4.79 Å². The van der Waals surface area contributed by atoms with E-state index in [0.717, 1.165) is 22.3 Å². The quantitative estimate of drug-likeness (QED) is 0.376. The number of carbonyl (C=O) groups is 1. The fraction of sp³-hybridized carbons (Fsp3) is 0.333. The first-order chi connectivity index (χ1) is 15.8. The van der Waals surface area contributed by atoms with Gasteiger partial charge in [0, 0.05) is 22.9 Å². The molecule has 3 rings (SSSR count). The molecule has 3 aromatic rings. The Hall–Kier alpha value is -3.64. The highest BCUT2D eigenvalue weighted by Crippen LogP contribution is 2.38. The minimum absolute atomic E-state index is 0.0184. The predicted octanol–water partition coefficient (Wildman–Crippen LogP) is 4.94. The Labute approximate surface area is 189 Å². The fourth-order valence-corrected chi connectivity index (χ4v) is 3.28. The molecule has 0 atom stereocenters.